The number of hydrogen-bond donors (Lipinski definition) is 0. The maximum Gasteiger partial charge on any atom is 0.269 e. The molecule has 0 aromatic heterocycles. The number of carbonyl (C=O) groups excluding carboxylic acids is 2. The van der Waals surface area contributed by atoms with Crippen LogP contribution in [0.15, 0.2) is 29.2 Å². The fourth-order valence-corrected chi connectivity index (χ4v) is 3.21. The van der Waals surface area contributed by atoms with E-state index >= 15 is 0 Å². The van der Waals surface area contributed by atoms with Gasteiger partial charge in [0, 0.05) is 13.0 Å². The van der Waals surface area contributed by atoms with Crippen molar-refractivity contribution in [1.82, 2.24) is 4.31 Å². The van der Waals surface area contributed by atoms with Gasteiger partial charge in [0.2, 0.25) is 0 Å². The van der Waals surface area contributed by atoms with Crippen LogP contribution in [-0.4, -0.2) is 31.5 Å². The summed E-state index contributed by atoms with van der Waals surface area (Å²) in [4.78, 5) is 22.0. The zero-order valence-electron chi connectivity index (χ0n) is 8.29. The summed E-state index contributed by atoms with van der Waals surface area (Å²) in [5.74, 6) is -0.558. The molecule has 0 fully saturated rings. The first-order valence-corrected chi connectivity index (χ1v) is 6.13. The van der Waals surface area contributed by atoms with Gasteiger partial charge in [0.05, 0.1) is 5.56 Å². The zero-order chi connectivity index (χ0) is 11.8. The van der Waals surface area contributed by atoms with Crippen molar-refractivity contribution in [2.75, 3.05) is 6.54 Å². The fourth-order valence-electron chi connectivity index (χ4n) is 1.62. The van der Waals surface area contributed by atoms with E-state index in [1.165, 1.54) is 12.1 Å². The number of rotatable bonds is 3. The largest absolute Gasteiger partial charge is 0.303 e. The lowest BCUT2D eigenvalue weighted by molar-refractivity contribution is -0.107. The van der Waals surface area contributed by atoms with Crippen LogP contribution < -0.4 is 0 Å². The highest BCUT2D eigenvalue weighted by Gasteiger charge is 2.40. The number of aldehydes is 1. The van der Waals surface area contributed by atoms with E-state index in [9.17, 15) is 18.0 Å². The first-order chi connectivity index (χ1) is 7.59. The number of fused-ring (bicyclic) bond motifs is 1. The van der Waals surface area contributed by atoms with Crippen molar-refractivity contribution in [2.24, 2.45) is 0 Å². The second-order valence-corrected chi connectivity index (χ2v) is 5.16. The molecule has 16 heavy (non-hydrogen) atoms. The molecule has 1 aliphatic rings. The van der Waals surface area contributed by atoms with Crippen molar-refractivity contribution in [3.63, 3.8) is 0 Å². The molecule has 0 unspecified atom stereocenters. The van der Waals surface area contributed by atoms with Gasteiger partial charge in [-0.2, -0.15) is 0 Å². The molecular weight excluding hydrogens is 230 g/mol. The number of hydrogen-bond acceptors (Lipinski definition) is 4. The summed E-state index contributed by atoms with van der Waals surface area (Å²) in [6, 6.07) is 6.03. The standard InChI is InChI=1S/C10H9NO4S/c12-7-3-6-11-10(13)8-4-1-2-5-9(8)16(11,14)15/h1-2,4-5,7H,3,6H2. The van der Waals surface area contributed by atoms with Crippen LogP contribution >= 0.6 is 0 Å². The Bertz CT molecular complexity index is 550. The van der Waals surface area contributed by atoms with Gasteiger partial charge in [0.25, 0.3) is 15.9 Å². The third-order valence-electron chi connectivity index (χ3n) is 2.36. The van der Waals surface area contributed by atoms with Crippen molar-refractivity contribution >= 4 is 22.2 Å². The molecule has 1 aromatic carbocycles. The molecule has 1 heterocycles. The molecule has 0 saturated heterocycles. The average Bonchev–Trinajstić information content (AvgIpc) is 2.46. The van der Waals surface area contributed by atoms with Crippen molar-refractivity contribution in [2.45, 2.75) is 11.3 Å². The topological polar surface area (TPSA) is 71.5 Å². The lowest BCUT2D eigenvalue weighted by Gasteiger charge is -2.12. The van der Waals surface area contributed by atoms with Gasteiger partial charge in [-0.3, -0.25) is 4.79 Å². The summed E-state index contributed by atoms with van der Waals surface area (Å²) in [5, 5.41) is 0. The summed E-state index contributed by atoms with van der Waals surface area (Å²) in [7, 11) is -3.74. The van der Waals surface area contributed by atoms with Gasteiger partial charge in [-0.15, -0.1) is 0 Å². The van der Waals surface area contributed by atoms with Gasteiger partial charge in [-0.05, 0) is 12.1 Å². The minimum Gasteiger partial charge on any atom is -0.303 e. The molecule has 1 amide bonds. The molecule has 6 heteroatoms. The Morgan fingerprint density at radius 3 is 2.56 bits per heavy atom. The van der Waals surface area contributed by atoms with Crippen LogP contribution in [-0.2, 0) is 14.8 Å². The third-order valence-corrected chi connectivity index (χ3v) is 4.20. The molecule has 0 radical (unpaired) electrons. The van der Waals surface area contributed by atoms with E-state index in [0.717, 1.165) is 4.31 Å². The average molecular weight is 239 g/mol. The molecule has 0 bridgehead atoms. The Kier molecular flexibility index (Phi) is 2.51. The maximum atomic E-state index is 11.9. The first-order valence-electron chi connectivity index (χ1n) is 4.69. The molecular formula is C10H9NO4S. The predicted octanol–water partition coefficient (Wildman–Crippen LogP) is 0.420. The molecule has 0 saturated carbocycles. The van der Waals surface area contributed by atoms with E-state index in [1.54, 1.807) is 12.1 Å². The van der Waals surface area contributed by atoms with Crippen molar-refractivity contribution < 1.29 is 18.0 Å². The summed E-state index contributed by atoms with van der Waals surface area (Å²) in [6.45, 7) is -0.0979. The molecule has 1 aliphatic heterocycles. The van der Waals surface area contributed by atoms with Gasteiger partial charge in [-0.25, -0.2) is 12.7 Å². The predicted molar refractivity (Wildman–Crippen MR) is 55.3 cm³/mol. The van der Waals surface area contributed by atoms with E-state index in [1.807, 2.05) is 0 Å². The van der Waals surface area contributed by atoms with Crippen LogP contribution in [0.2, 0.25) is 0 Å². The Hall–Kier alpha value is -1.69. The van der Waals surface area contributed by atoms with Crippen LogP contribution in [0.5, 0.6) is 0 Å². The molecule has 0 N–H and O–H groups in total. The number of sulfonamides is 1. The van der Waals surface area contributed by atoms with Crippen LogP contribution in [0.25, 0.3) is 0 Å². The molecule has 0 atom stereocenters. The summed E-state index contributed by atoms with van der Waals surface area (Å²) < 4.78 is 24.5. The molecule has 1 aromatic rings. The quantitative estimate of drug-likeness (QED) is 0.717. The van der Waals surface area contributed by atoms with Crippen LogP contribution in [0.1, 0.15) is 16.8 Å². The van der Waals surface area contributed by atoms with Gasteiger partial charge in [-0.1, -0.05) is 12.1 Å². The monoisotopic (exact) mass is 239 g/mol. The summed E-state index contributed by atoms with van der Waals surface area (Å²) >= 11 is 0. The first kappa shape index (κ1) is 10.8. The van der Waals surface area contributed by atoms with Crippen LogP contribution in [0.3, 0.4) is 0 Å². The number of benzene rings is 1. The van der Waals surface area contributed by atoms with E-state index in [-0.39, 0.29) is 23.4 Å². The second kappa shape index (κ2) is 3.71. The van der Waals surface area contributed by atoms with Crippen molar-refractivity contribution in [3.05, 3.63) is 29.8 Å². The molecule has 0 aliphatic carbocycles. The van der Waals surface area contributed by atoms with E-state index < -0.39 is 15.9 Å². The Balaban J connectivity index is 2.49. The van der Waals surface area contributed by atoms with Gasteiger partial charge >= 0.3 is 0 Å². The smallest absolute Gasteiger partial charge is 0.269 e. The maximum absolute atomic E-state index is 11.9. The molecule has 2 rings (SSSR count). The zero-order valence-corrected chi connectivity index (χ0v) is 9.11. The lowest BCUT2D eigenvalue weighted by Crippen LogP contribution is -2.31. The summed E-state index contributed by atoms with van der Waals surface area (Å²) in [5.41, 5.74) is 0.174. The van der Waals surface area contributed by atoms with Crippen molar-refractivity contribution in [1.29, 1.82) is 0 Å². The second-order valence-electron chi connectivity index (χ2n) is 3.33. The van der Waals surface area contributed by atoms with Gasteiger partial charge in [0.1, 0.15) is 11.2 Å². The number of amides is 1. The highest BCUT2D eigenvalue weighted by atomic mass is 32.2. The normalized spacial score (nSPS) is 17.2. The van der Waals surface area contributed by atoms with E-state index in [2.05, 4.69) is 0 Å². The fraction of sp³-hybridized carbons (Fsp3) is 0.200. The molecule has 84 valence electrons. The lowest BCUT2D eigenvalue weighted by atomic mass is 10.2. The third kappa shape index (κ3) is 1.42. The highest BCUT2D eigenvalue weighted by Crippen LogP contribution is 2.29. The van der Waals surface area contributed by atoms with Crippen molar-refractivity contribution in [3.8, 4) is 0 Å². The number of carbonyl (C=O) groups is 2. The summed E-state index contributed by atoms with van der Waals surface area (Å²) in [6.07, 6.45) is 0.602. The van der Waals surface area contributed by atoms with Gasteiger partial charge in [0.15, 0.2) is 0 Å². The SMILES string of the molecule is O=CCCN1C(=O)c2ccccc2S1(=O)=O. The highest BCUT2D eigenvalue weighted by molar-refractivity contribution is 7.90. The van der Waals surface area contributed by atoms with E-state index in [4.69, 9.17) is 0 Å². The Labute approximate surface area is 92.7 Å². The molecule has 0 spiro atoms. The van der Waals surface area contributed by atoms with Gasteiger partial charge < -0.3 is 4.79 Å². The van der Waals surface area contributed by atoms with Crippen LogP contribution in [0.4, 0.5) is 0 Å². The minimum absolute atomic E-state index is 0.0129. The Morgan fingerprint density at radius 1 is 1.25 bits per heavy atom. The minimum atomic E-state index is -3.74. The number of nitrogens with zero attached hydrogens (tertiary/aromatic N) is 1. The van der Waals surface area contributed by atoms with E-state index in [0.29, 0.717) is 6.29 Å². The molecule has 5 nitrogen and oxygen atoms in total. The van der Waals surface area contributed by atoms with Crippen LogP contribution in [0, 0.1) is 0 Å². The Morgan fingerprint density at radius 2 is 1.94 bits per heavy atom.